The average Bonchev–Trinajstić information content (AvgIpc) is 1.81. The Labute approximate surface area is 523 Å². The summed E-state index contributed by atoms with van der Waals surface area (Å²) in [5.74, 6) is -9.17. The van der Waals surface area contributed by atoms with Crippen molar-refractivity contribution in [1.82, 2.24) is 62.5 Å². The number of carbonyl (C=O) groups is 4. The first-order valence-corrected chi connectivity index (χ1v) is 30.9. The summed E-state index contributed by atoms with van der Waals surface area (Å²) < 4.78 is 25.4. The van der Waals surface area contributed by atoms with Crippen molar-refractivity contribution in [2.45, 2.75) is 59.6 Å². The number of nitrogens with two attached hydrogens (primary N) is 4. The lowest BCUT2D eigenvalue weighted by atomic mass is 9.70. The summed E-state index contributed by atoms with van der Waals surface area (Å²) >= 11 is 27.4. The lowest BCUT2D eigenvalue weighted by molar-refractivity contribution is -0.265. The maximum absolute atomic E-state index is 14.4. The number of rotatable bonds is 14. The Morgan fingerprint density at radius 2 is 0.741 bits per heavy atom. The number of hydrogen-bond acceptors (Lipinski definition) is 21. The van der Waals surface area contributed by atoms with Crippen LogP contribution >= 0.6 is 127 Å². The number of halogens is 8. The molecule has 4 fully saturated rings. The van der Waals surface area contributed by atoms with Crippen molar-refractivity contribution in [2.75, 3.05) is 26.2 Å². The van der Waals surface area contributed by atoms with Crippen molar-refractivity contribution in [3.05, 3.63) is 83.3 Å². The third kappa shape index (κ3) is 9.18. The van der Waals surface area contributed by atoms with E-state index >= 15 is 0 Å². The van der Waals surface area contributed by atoms with Crippen LogP contribution in [0.2, 0.25) is 0 Å². The molecule has 2 spiro atoms. The number of aromatic amines is 4. The van der Waals surface area contributed by atoms with Gasteiger partial charge in [0.05, 0.1) is 48.5 Å². The van der Waals surface area contributed by atoms with Gasteiger partial charge in [0.1, 0.15) is 33.9 Å². The molecule has 4 aromatic heterocycles. The molecule has 16 atom stereocenters. The first-order chi connectivity index (χ1) is 38.4. The zero-order valence-electron chi connectivity index (χ0n) is 40.9. The predicted molar refractivity (Wildman–Crippen MR) is 315 cm³/mol. The SMILES string of the molecule is NC1=N[C@@H]2O[C@@H]3N=C(N)N[C@]34[C@H]([C@H](CNC(=O)c3cc(Br)c(Br)[nH]3)C(CNC(=O)c3cc(Br)c(Br)[nH]3)[C@@H]4O[C@H]3[C@H](CNC(=O)c4cc(Br)c(Br)[nH]4)[C@@H](CNC(=O)c4cc(Br)c(Br)[nH]4)[C@@H]4[C@]5(O)NC(N)=N[C@@H]5O[C@@H]5N=C(N)N[C@]453)[C@]2(O)N1. The van der Waals surface area contributed by atoms with Crippen LogP contribution in [0.4, 0.5) is 0 Å². The fourth-order valence-corrected chi connectivity index (χ4v) is 16.0. The molecule has 432 valence electrons. The summed E-state index contributed by atoms with van der Waals surface area (Å²) in [6.45, 7) is -0.919. The summed E-state index contributed by atoms with van der Waals surface area (Å²) in [6.07, 6.45) is -8.21. The molecule has 37 heteroatoms. The van der Waals surface area contributed by atoms with Gasteiger partial charge < -0.3 is 110 Å². The summed E-state index contributed by atoms with van der Waals surface area (Å²) in [6, 6.07) is 6.32. The van der Waals surface area contributed by atoms with Gasteiger partial charge in [-0.1, -0.05) is 0 Å². The molecule has 29 nitrogen and oxygen atoms in total. The Bertz CT molecular complexity index is 3150. The van der Waals surface area contributed by atoms with E-state index in [0.717, 1.165) is 0 Å². The second-order valence-electron chi connectivity index (χ2n) is 20.6. The number of ether oxygens (including phenoxy) is 3. The van der Waals surface area contributed by atoms with Crippen LogP contribution in [-0.4, -0.2) is 163 Å². The zero-order valence-corrected chi connectivity index (χ0v) is 53.6. The third-order valence-corrected chi connectivity index (χ3v) is 23.4. The number of carbonyl (C=O) groups excluding carboxylic acids is 4. The highest BCUT2D eigenvalue weighted by molar-refractivity contribution is 9.14. The molecule has 22 N–H and O–H groups in total. The highest BCUT2D eigenvalue weighted by Gasteiger charge is 2.81. The molecule has 0 radical (unpaired) electrons. The first-order valence-electron chi connectivity index (χ1n) is 24.5. The minimum atomic E-state index is -2.20. The Balaban J connectivity index is 1.03. The van der Waals surface area contributed by atoms with E-state index in [4.69, 9.17) is 47.1 Å². The molecular weight excluding hydrogens is 1590 g/mol. The topological polar surface area (TPSA) is 449 Å². The number of nitrogens with zero attached hydrogens (tertiary/aromatic N) is 4. The van der Waals surface area contributed by atoms with E-state index in [1.807, 2.05) is 0 Å². The number of hydrogen-bond donors (Lipinski definition) is 18. The molecule has 0 aromatic carbocycles. The summed E-state index contributed by atoms with van der Waals surface area (Å²) in [4.78, 5) is 87.6. The largest absolute Gasteiger partial charge is 0.370 e. The molecule has 4 amide bonds. The minimum Gasteiger partial charge on any atom is -0.370 e. The monoisotopic (exact) mass is 1630 g/mol. The van der Waals surface area contributed by atoms with Gasteiger partial charge in [0.25, 0.3) is 23.6 Å². The van der Waals surface area contributed by atoms with Crippen LogP contribution in [0.3, 0.4) is 0 Å². The quantitative estimate of drug-likeness (QED) is 0.0817. The fourth-order valence-electron chi connectivity index (χ4n) is 13.4. The number of amides is 4. The molecule has 2 saturated carbocycles. The van der Waals surface area contributed by atoms with E-state index in [2.05, 4.69) is 200 Å². The average molecular weight is 1640 g/mol. The second kappa shape index (κ2) is 20.8. The van der Waals surface area contributed by atoms with Gasteiger partial charge in [0, 0.05) is 49.9 Å². The number of aromatic nitrogens is 4. The highest BCUT2D eigenvalue weighted by Crippen LogP contribution is 2.63. The first kappa shape index (κ1) is 57.2. The van der Waals surface area contributed by atoms with Crippen LogP contribution in [0.25, 0.3) is 0 Å². The van der Waals surface area contributed by atoms with Crippen LogP contribution in [-0.2, 0) is 14.2 Å². The zero-order chi connectivity index (χ0) is 57.6. The van der Waals surface area contributed by atoms with Crippen molar-refractivity contribution < 1.29 is 43.6 Å². The second-order valence-corrected chi connectivity index (χ2v) is 27.2. The lowest BCUT2D eigenvalue weighted by Gasteiger charge is -2.54. The summed E-state index contributed by atoms with van der Waals surface area (Å²) in [5, 5.41) is 51.4. The summed E-state index contributed by atoms with van der Waals surface area (Å²) in [7, 11) is 0. The molecule has 4 aromatic rings. The van der Waals surface area contributed by atoms with Crippen LogP contribution in [0, 0.1) is 35.5 Å². The Kier molecular flexibility index (Phi) is 14.6. The van der Waals surface area contributed by atoms with E-state index in [0.29, 0.717) is 36.3 Å². The van der Waals surface area contributed by atoms with E-state index in [1.54, 1.807) is 24.3 Å². The van der Waals surface area contributed by atoms with Crippen LogP contribution in [0.15, 0.2) is 80.5 Å². The molecule has 1 unspecified atom stereocenters. The molecule has 6 aliphatic heterocycles. The van der Waals surface area contributed by atoms with Gasteiger partial charge >= 0.3 is 0 Å². The smallest absolute Gasteiger partial charge is 0.267 e. The number of nitrogens with one attached hydrogen (secondary N) is 12. The van der Waals surface area contributed by atoms with Crippen molar-refractivity contribution in [3.63, 3.8) is 0 Å². The van der Waals surface area contributed by atoms with Gasteiger partial charge in [-0.3, -0.25) is 19.2 Å². The van der Waals surface area contributed by atoms with E-state index in [1.165, 1.54) is 0 Å². The van der Waals surface area contributed by atoms with Crippen LogP contribution < -0.4 is 65.5 Å². The van der Waals surface area contributed by atoms with Crippen molar-refractivity contribution in [2.24, 2.45) is 78.4 Å². The van der Waals surface area contributed by atoms with Crippen molar-refractivity contribution in [3.8, 4) is 0 Å². The Hall–Kier alpha value is -4.28. The van der Waals surface area contributed by atoms with Gasteiger partial charge in [0.15, 0.2) is 47.7 Å². The standard InChI is InChI=1S/C44H46Br8N20O9/c45-13-1-17(61-25(13)49)29(73)57-5-9-11(7-59-31(75)19-3-15(47)27(51)63-19)23(41-21(9)43(77)35(67-39(55)71-43)80-33(41)65-37(53)69-41)79-24-12(8-60-32(76)20-4-16(48)28(52)64-20)10(6-58-30(74)18-2-14(46)26(50)62-18)22-42(24)34(66-38(54)70-42)81-36-44(22,78)72-40(56)68-36/h1-4,9-12,21-24,33-36,61-64,77-78H,5-8H2,(H,57,73)(H,58,74)(H,59,75)(H,60,76)(H3,53,65,69)(H3,54,66,70)(H3,55,67,71)(H3,56,68,72)/t9-,10-,11-,12?,21+,22+,23+,24+,33+,34+,35-,36-,41+,42+,43-,44-/m1/s1. The maximum atomic E-state index is 14.4. The van der Waals surface area contributed by atoms with Gasteiger partial charge in [-0.2, -0.15) is 0 Å². The van der Waals surface area contributed by atoms with Crippen LogP contribution in [0.1, 0.15) is 42.0 Å². The molecule has 2 saturated heterocycles. The van der Waals surface area contributed by atoms with Gasteiger partial charge in [-0.15, -0.1) is 0 Å². The van der Waals surface area contributed by atoms with E-state index < -0.39 is 119 Å². The third-order valence-electron chi connectivity index (χ3n) is 16.3. The number of H-pyrrole nitrogens is 4. The molecular formula is C44H46Br8N20O9. The Morgan fingerprint density at radius 1 is 0.469 bits per heavy atom. The highest BCUT2D eigenvalue weighted by atomic mass is 79.9. The molecule has 2 aliphatic carbocycles. The number of fused-ring (bicyclic) bond motifs is 4. The van der Waals surface area contributed by atoms with Crippen molar-refractivity contribution >= 4 is 175 Å². The molecule has 12 rings (SSSR count). The minimum absolute atomic E-state index is 0.128. The number of aliphatic hydroxyl groups is 2. The lowest BCUT2D eigenvalue weighted by Crippen LogP contribution is -2.78. The molecule has 10 heterocycles. The van der Waals surface area contributed by atoms with E-state index in [-0.39, 0.29) is 72.8 Å². The van der Waals surface area contributed by atoms with Gasteiger partial charge in [-0.05, 0) is 164 Å². The number of guanidine groups is 4. The predicted octanol–water partition coefficient (Wildman–Crippen LogP) is 0.488. The maximum Gasteiger partial charge on any atom is 0.267 e. The van der Waals surface area contributed by atoms with E-state index in [9.17, 15) is 29.4 Å². The molecule has 8 aliphatic rings. The Morgan fingerprint density at radius 3 is 1.02 bits per heavy atom. The van der Waals surface area contributed by atoms with Crippen molar-refractivity contribution in [1.29, 1.82) is 0 Å². The fraction of sp³-hybridized carbons (Fsp3) is 0.455. The van der Waals surface area contributed by atoms with Gasteiger partial charge in [-0.25, -0.2) is 20.0 Å². The van der Waals surface area contributed by atoms with Gasteiger partial charge in [0.2, 0.25) is 12.5 Å². The molecule has 0 bridgehead atoms. The van der Waals surface area contributed by atoms with Crippen LogP contribution in [0.5, 0.6) is 0 Å². The summed E-state index contributed by atoms with van der Waals surface area (Å²) in [5.41, 5.74) is 18.9. The molecule has 81 heavy (non-hydrogen) atoms. The normalized spacial score (nSPS) is 35.5. The number of aliphatic imine (C=N–C) groups is 4.